The molecule has 2 aliphatic heterocycles. The number of aromatic hydroxyl groups is 1. The monoisotopic (exact) mass is 469 g/mol. The number of Topliss-reactive ketones (excluding diaryl/α,β-unsaturated/α-hetero) is 1. The van der Waals surface area contributed by atoms with Crippen LogP contribution in [0.25, 0.3) is 0 Å². The number of phenols is 1. The van der Waals surface area contributed by atoms with E-state index in [2.05, 4.69) is 31.8 Å². The predicted octanol–water partition coefficient (Wildman–Crippen LogP) is 4.12. The molecule has 0 spiro atoms. The smallest absolute Gasteiger partial charge is 0.227 e. The first-order valence-corrected chi connectivity index (χ1v) is 12.8. The first-order chi connectivity index (χ1) is 16.4. The molecule has 0 aromatic heterocycles. The Bertz CT molecular complexity index is 932. The lowest BCUT2D eigenvalue weighted by Crippen LogP contribution is -3.10. The first kappa shape index (κ1) is 26.2. The van der Waals surface area contributed by atoms with Crippen molar-refractivity contribution in [1.29, 1.82) is 0 Å². The van der Waals surface area contributed by atoms with Gasteiger partial charge in [-0.25, -0.2) is 0 Å². The number of nitrogens with one attached hydrogen (secondary N) is 1. The Morgan fingerprint density at radius 2 is 2.03 bits per heavy atom. The van der Waals surface area contributed by atoms with E-state index in [4.69, 9.17) is 4.74 Å². The number of ether oxygens (including phenoxy) is 1. The number of hydrogen-bond acceptors (Lipinski definition) is 5. The number of aliphatic hydroxyl groups is 1. The fraction of sp³-hybridized carbons (Fsp3) is 0.571. The predicted molar refractivity (Wildman–Crippen MR) is 135 cm³/mol. The second-order valence-corrected chi connectivity index (χ2v) is 9.98. The number of carbonyl (C=O) groups is 1. The lowest BCUT2D eigenvalue weighted by molar-refractivity contribution is -0.866. The highest BCUT2D eigenvalue weighted by Gasteiger charge is 2.33. The van der Waals surface area contributed by atoms with E-state index < -0.39 is 6.10 Å². The quantitative estimate of drug-likeness (QED) is 0.338. The lowest BCUT2D eigenvalue weighted by Gasteiger charge is -2.18. The Morgan fingerprint density at radius 3 is 2.79 bits per heavy atom. The summed E-state index contributed by atoms with van der Waals surface area (Å²) >= 11 is 0. The molecule has 3 N–H and O–H groups in total. The standard InChI is InChI=1S/C28H40N2O4/c1-4-5-6-7-22(31)17-23(32)11-9-21-10-13-27(33)28(16-21)34-19-30-18-25-24(14-15-29-25)26(30)12-8-20(2)3/h10,13-16,20,22,31,33H,4-9,11-12,17-19H2,1-3H3/p+1/t22-/m1/s1. The molecular weight excluding hydrogens is 428 g/mol. The number of aryl methyl sites for hydroxylation is 1. The molecule has 0 amide bonds. The van der Waals surface area contributed by atoms with Crippen molar-refractivity contribution >= 4 is 11.5 Å². The molecule has 0 aliphatic carbocycles. The Balaban J connectivity index is 1.53. The number of aliphatic hydroxyl groups excluding tert-OH is 1. The van der Waals surface area contributed by atoms with Gasteiger partial charge in [0.25, 0.3) is 0 Å². The van der Waals surface area contributed by atoms with E-state index in [0.717, 1.165) is 49.9 Å². The summed E-state index contributed by atoms with van der Waals surface area (Å²) in [4.78, 5) is 18.0. The van der Waals surface area contributed by atoms with Gasteiger partial charge >= 0.3 is 0 Å². The van der Waals surface area contributed by atoms with E-state index in [9.17, 15) is 15.0 Å². The van der Waals surface area contributed by atoms with Gasteiger partial charge in [0.2, 0.25) is 6.73 Å². The Morgan fingerprint density at radius 1 is 1.21 bits per heavy atom. The first-order valence-electron chi connectivity index (χ1n) is 12.8. The molecular formula is C28H41N2O4+. The normalized spacial score (nSPS) is 17.9. The molecule has 0 bridgehead atoms. The van der Waals surface area contributed by atoms with Gasteiger partial charge in [0.15, 0.2) is 11.5 Å². The molecule has 0 fully saturated rings. The summed E-state index contributed by atoms with van der Waals surface area (Å²) in [6.45, 7) is 7.81. The van der Waals surface area contributed by atoms with E-state index in [1.54, 1.807) is 6.07 Å². The number of carbonyl (C=O) groups excluding carboxylic acids is 1. The number of ketones is 1. The van der Waals surface area contributed by atoms with Crippen LogP contribution in [0.4, 0.5) is 0 Å². The fourth-order valence-electron chi connectivity index (χ4n) is 4.54. The van der Waals surface area contributed by atoms with E-state index in [1.165, 1.54) is 16.2 Å². The van der Waals surface area contributed by atoms with Crippen LogP contribution in [0.2, 0.25) is 0 Å². The molecule has 1 unspecified atom stereocenters. The van der Waals surface area contributed by atoms with Gasteiger partial charge in [-0.3, -0.25) is 14.7 Å². The minimum atomic E-state index is -0.542. The van der Waals surface area contributed by atoms with Gasteiger partial charge in [0, 0.05) is 25.5 Å². The average molecular weight is 470 g/mol. The molecule has 0 radical (unpaired) electrons. The Kier molecular flexibility index (Phi) is 9.90. The molecule has 2 atom stereocenters. The third-order valence-corrected chi connectivity index (χ3v) is 6.61. The molecule has 0 saturated carbocycles. The lowest BCUT2D eigenvalue weighted by atomic mass is 10.0. The summed E-state index contributed by atoms with van der Waals surface area (Å²) in [7, 11) is 0. The largest absolute Gasteiger partial charge is 0.504 e. The molecule has 2 heterocycles. The van der Waals surface area contributed by atoms with Crippen LogP contribution in [-0.2, 0) is 11.2 Å². The Hall–Kier alpha value is -2.44. The molecule has 1 aromatic rings. The summed E-state index contributed by atoms with van der Waals surface area (Å²) in [5.74, 6) is 1.25. The summed E-state index contributed by atoms with van der Waals surface area (Å²) in [6, 6.07) is 5.29. The maximum absolute atomic E-state index is 12.3. The van der Waals surface area contributed by atoms with Gasteiger partial charge in [-0.1, -0.05) is 46.1 Å². The highest BCUT2D eigenvalue weighted by molar-refractivity contribution is 6.07. The van der Waals surface area contributed by atoms with Crippen LogP contribution in [0.15, 0.2) is 46.7 Å². The van der Waals surface area contributed by atoms with Crippen molar-refractivity contribution in [2.75, 3.05) is 13.3 Å². The highest BCUT2D eigenvalue weighted by Crippen LogP contribution is 2.28. The average Bonchev–Trinajstić information content (AvgIpc) is 3.37. The summed E-state index contributed by atoms with van der Waals surface area (Å²) in [5, 5.41) is 20.4. The maximum Gasteiger partial charge on any atom is 0.227 e. The van der Waals surface area contributed by atoms with E-state index in [1.807, 2.05) is 18.3 Å². The molecule has 186 valence electrons. The van der Waals surface area contributed by atoms with Crippen LogP contribution in [0.3, 0.4) is 0 Å². The van der Waals surface area contributed by atoms with Crippen molar-refractivity contribution in [3.05, 3.63) is 47.3 Å². The highest BCUT2D eigenvalue weighted by atomic mass is 16.5. The second kappa shape index (κ2) is 12.9. The number of hydrogen-bond donors (Lipinski definition) is 3. The third-order valence-electron chi connectivity index (χ3n) is 6.61. The number of fused-ring (bicyclic) bond motifs is 1. The van der Waals surface area contributed by atoms with Gasteiger partial charge in [-0.2, -0.15) is 0 Å². The number of rotatable bonds is 15. The van der Waals surface area contributed by atoms with Gasteiger partial charge in [0.1, 0.15) is 23.7 Å². The zero-order valence-electron chi connectivity index (χ0n) is 21.0. The van der Waals surface area contributed by atoms with Crippen LogP contribution < -0.4 is 9.64 Å². The van der Waals surface area contributed by atoms with Gasteiger partial charge in [-0.15, -0.1) is 0 Å². The summed E-state index contributed by atoms with van der Waals surface area (Å²) in [5.41, 5.74) is 4.64. The molecule has 34 heavy (non-hydrogen) atoms. The molecule has 1 aromatic carbocycles. The fourth-order valence-corrected chi connectivity index (χ4v) is 4.54. The van der Waals surface area contributed by atoms with E-state index in [0.29, 0.717) is 37.7 Å². The SMILES string of the molecule is CCCCC[C@@H](O)CC(=O)CCc1ccc(O)c(OC[NH+]2CC3=NC=CC3=C2CCC(C)C)c1. The van der Waals surface area contributed by atoms with Crippen LogP contribution in [0, 0.1) is 5.92 Å². The number of phenolic OH excluding ortho intramolecular Hbond substituents is 1. The van der Waals surface area contributed by atoms with Crippen molar-refractivity contribution < 1.29 is 24.6 Å². The number of quaternary nitrogens is 1. The van der Waals surface area contributed by atoms with Crippen molar-refractivity contribution in [3.63, 3.8) is 0 Å². The van der Waals surface area contributed by atoms with Crippen molar-refractivity contribution in [3.8, 4) is 11.5 Å². The van der Waals surface area contributed by atoms with Crippen LogP contribution in [-0.4, -0.2) is 41.1 Å². The summed E-state index contributed by atoms with van der Waals surface area (Å²) < 4.78 is 6.06. The molecule has 3 rings (SSSR count). The molecule has 6 heteroatoms. The zero-order valence-corrected chi connectivity index (χ0v) is 21.0. The van der Waals surface area contributed by atoms with Crippen LogP contribution >= 0.6 is 0 Å². The van der Waals surface area contributed by atoms with E-state index >= 15 is 0 Å². The topological polar surface area (TPSA) is 83.6 Å². The number of aliphatic imine (C=N–C) groups is 1. The number of nitrogens with zero attached hydrogens (tertiary/aromatic N) is 1. The third kappa shape index (κ3) is 7.54. The van der Waals surface area contributed by atoms with Gasteiger partial charge in [-0.05, 0) is 49.0 Å². The van der Waals surface area contributed by atoms with Crippen molar-refractivity contribution in [2.24, 2.45) is 10.9 Å². The Labute approximate surface area is 204 Å². The molecule has 2 aliphatic rings. The minimum absolute atomic E-state index is 0.0721. The minimum Gasteiger partial charge on any atom is -0.504 e. The van der Waals surface area contributed by atoms with Gasteiger partial charge in [0.05, 0.1) is 11.7 Å². The van der Waals surface area contributed by atoms with Crippen LogP contribution in [0.5, 0.6) is 11.5 Å². The maximum atomic E-state index is 12.3. The van der Waals surface area contributed by atoms with Gasteiger partial charge < -0.3 is 14.9 Å². The molecule has 6 nitrogen and oxygen atoms in total. The van der Waals surface area contributed by atoms with E-state index in [-0.39, 0.29) is 18.0 Å². The van der Waals surface area contributed by atoms with Crippen molar-refractivity contribution in [1.82, 2.24) is 0 Å². The van der Waals surface area contributed by atoms with Crippen molar-refractivity contribution in [2.45, 2.75) is 84.7 Å². The molecule has 0 saturated heterocycles. The second-order valence-electron chi connectivity index (χ2n) is 9.98. The zero-order chi connectivity index (χ0) is 24.5. The number of allylic oxidation sites excluding steroid dienone is 2. The van der Waals surface area contributed by atoms with Crippen LogP contribution in [0.1, 0.15) is 77.7 Å². The number of benzene rings is 1. The summed E-state index contributed by atoms with van der Waals surface area (Å²) in [6.07, 6.45) is 10.5. The number of unbranched alkanes of at least 4 members (excludes halogenated alkanes) is 2.